The maximum atomic E-state index is 14.5. The van der Waals surface area contributed by atoms with Crippen molar-refractivity contribution in [2.45, 2.75) is 63.8 Å². The van der Waals surface area contributed by atoms with E-state index >= 15 is 0 Å². The van der Waals surface area contributed by atoms with E-state index < -0.39 is 65.1 Å². The van der Waals surface area contributed by atoms with Crippen molar-refractivity contribution in [3.8, 4) is 0 Å². The number of carboxylic acid groups (broad SMARTS) is 1. The molecule has 43 heavy (non-hydrogen) atoms. The largest absolute Gasteiger partial charge is 0.481 e. The van der Waals surface area contributed by atoms with Gasteiger partial charge in [0, 0.05) is 19.6 Å². The van der Waals surface area contributed by atoms with Crippen LogP contribution in [0.2, 0.25) is 10.0 Å². The average molecular weight is 653 g/mol. The van der Waals surface area contributed by atoms with E-state index in [2.05, 4.69) is 5.10 Å². The number of alkyl halides is 4. The summed E-state index contributed by atoms with van der Waals surface area (Å²) < 4.78 is 71.9. The highest BCUT2D eigenvalue weighted by molar-refractivity contribution is 6.40. The lowest BCUT2D eigenvalue weighted by molar-refractivity contribution is -0.152. The molecule has 1 aliphatic carbocycles. The maximum absolute atomic E-state index is 14.5. The second-order valence-corrected chi connectivity index (χ2v) is 12.2. The number of benzene rings is 1. The van der Waals surface area contributed by atoms with E-state index in [0.29, 0.717) is 19.4 Å². The molecule has 4 rings (SSSR count). The van der Waals surface area contributed by atoms with Crippen LogP contribution in [0.3, 0.4) is 0 Å². The van der Waals surface area contributed by atoms with Gasteiger partial charge in [-0.1, -0.05) is 23.2 Å². The van der Waals surface area contributed by atoms with Gasteiger partial charge in [0.2, 0.25) is 0 Å². The number of halogens is 7. The predicted molar refractivity (Wildman–Crippen MR) is 148 cm³/mol. The summed E-state index contributed by atoms with van der Waals surface area (Å²) in [5.41, 5.74) is -3.46. The van der Waals surface area contributed by atoms with Gasteiger partial charge in [-0.05, 0) is 64.1 Å². The average Bonchev–Trinajstić information content (AvgIpc) is 3.36. The molecule has 2 heterocycles. The smallest absolute Gasteiger partial charge is 0.433 e. The molecule has 0 bridgehead atoms. The molecule has 1 aromatic heterocycles. The van der Waals surface area contributed by atoms with Gasteiger partial charge < -0.3 is 10.0 Å². The first-order valence-corrected chi connectivity index (χ1v) is 14.6. The van der Waals surface area contributed by atoms with E-state index in [1.54, 1.807) is 4.90 Å². The zero-order valence-corrected chi connectivity index (χ0v) is 24.8. The number of nitrogens with zero attached hydrogens (tertiary/aromatic N) is 4. The molecule has 8 nitrogen and oxygen atoms in total. The van der Waals surface area contributed by atoms with Crippen LogP contribution in [0, 0.1) is 11.2 Å². The summed E-state index contributed by atoms with van der Waals surface area (Å²) in [4.78, 5) is 41.2. The van der Waals surface area contributed by atoms with E-state index in [0.717, 1.165) is 27.9 Å². The normalized spacial score (nSPS) is 23.3. The molecule has 2 aliphatic rings. The highest BCUT2D eigenvalue weighted by atomic mass is 35.5. The highest BCUT2D eigenvalue weighted by Gasteiger charge is 2.45. The first kappa shape index (κ1) is 33.1. The van der Waals surface area contributed by atoms with Crippen molar-refractivity contribution < 1.29 is 41.4 Å². The Bertz CT molecular complexity index is 1350. The topological polar surface area (TPSA) is 95.7 Å². The van der Waals surface area contributed by atoms with Gasteiger partial charge in [0.1, 0.15) is 12.0 Å². The fourth-order valence-electron chi connectivity index (χ4n) is 5.72. The van der Waals surface area contributed by atoms with E-state index in [-0.39, 0.29) is 60.9 Å². The third-order valence-corrected chi connectivity index (χ3v) is 8.85. The molecular weight excluding hydrogens is 622 g/mol. The number of amides is 1. The number of aliphatic carboxylic acids is 1. The Morgan fingerprint density at radius 1 is 1.14 bits per heavy atom. The van der Waals surface area contributed by atoms with E-state index in [1.807, 2.05) is 0 Å². The van der Waals surface area contributed by atoms with E-state index in [9.17, 15) is 41.4 Å². The van der Waals surface area contributed by atoms with Gasteiger partial charge in [0.05, 0.1) is 45.4 Å². The summed E-state index contributed by atoms with van der Waals surface area (Å²) >= 11 is 12.1. The number of piperidine rings is 1. The summed E-state index contributed by atoms with van der Waals surface area (Å²) in [6.07, 6.45) is -3.93. The zero-order valence-electron chi connectivity index (χ0n) is 23.3. The molecule has 1 atom stereocenters. The molecular formula is C28H31Cl2F5N4O4. The van der Waals surface area contributed by atoms with Gasteiger partial charge >= 0.3 is 12.1 Å². The number of Topliss-reactive ketones (excluding diaryl/α,β-unsaturated/α-hetero) is 1. The Balaban J connectivity index is 1.65. The van der Waals surface area contributed by atoms with Crippen LogP contribution in [0.1, 0.15) is 77.9 Å². The maximum Gasteiger partial charge on any atom is 0.433 e. The molecule has 2 aromatic rings. The van der Waals surface area contributed by atoms with Gasteiger partial charge in [-0.2, -0.15) is 18.3 Å². The molecule has 0 spiro atoms. The van der Waals surface area contributed by atoms with E-state index in [1.165, 1.54) is 6.92 Å². The first-order chi connectivity index (χ1) is 20.1. The molecule has 1 aliphatic heterocycles. The van der Waals surface area contributed by atoms with Crippen molar-refractivity contribution in [2.75, 3.05) is 32.7 Å². The molecule has 1 amide bonds. The number of carbonyl (C=O) groups excluding carboxylic acids is 2. The van der Waals surface area contributed by atoms with Gasteiger partial charge in [-0.25, -0.2) is 8.78 Å². The van der Waals surface area contributed by atoms with Crippen LogP contribution >= 0.6 is 23.2 Å². The number of hydrogen-bond acceptors (Lipinski definition) is 5. The molecule has 1 saturated heterocycles. The lowest BCUT2D eigenvalue weighted by atomic mass is 9.74. The Morgan fingerprint density at radius 2 is 1.77 bits per heavy atom. The van der Waals surface area contributed by atoms with Crippen LogP contribution in [0.15, 0.2) is 18.3 Å². The molecule has 1 aromatic carbocycles. The molecule has 236 valence electrons. The summed E-state index contributed by atoms with van der Waals surface area (Å²) in [7, 11) is 0. The van der Waals surface area contributed by atoms with Gasteiger partial charge in [-0.15, -0.1) is 0 Å². The Hall–Kier alpha value is -2.77. The van der Waals surface area contributed by atoms with Crippen molar-refractivity contribution in [3.63, 3.8) is 0 Å². The minimum absolute atomic E-state index is 0.0777. The molecule has 0 radical (unpaired) electrons. The zero-order chi connectivity index (χ0) is 31.7. The van der Waals surface area contributed by atoms with Crippen LogP contribution in [0.5, 0.6) is 0 Å². The number of ketones is 1. The molecule has 1 unspecified atom stereocenters. The Labute approximate surface area is 254 Å². The first-order valence-electron chi connectivity index (χ1n) is 13.8. The van der Waals surface area contributed by atoms with Crippen molar-refractivity contribution in [2.24, 2.45) is 5.41 Å². The van der Waals surface area contributed by atoms with Gasteiger partial charge in [-0.3, -0.25) is 24.0 Å². The fraction of sp³-hybridized carbons (Fsp3) is 0.571. The number of rotatable bonds is 9. The molecule has 15 heteroatoms. The number of aromatic nitrogens is 2. The van der Waals surface area contributed by atoms with Gasteiger partial charge in [0.15, 0.2) is 11.5 Å². The second kappa shape index (κ2) is 13.1. The van der Waals surface area contributed by atoms with Crippen LogP contribution in [-0.2, 0) is 11.0 Å². The van der Waals surface area contributed by atoms with Crippen LogP contribution < -0.4 is 0 Å². The molecule has 1 N–H and O–H groups in total. The Kier molecular flexibility index (Phi) is 10.1. The monoisotopic (exact) mass is 652 g/mol. The number of carbonyl (C=O) groups is 3. The SMILES string of the molecule is C[C@]1(C(=O)O)CC[C@H](n2ncc(C(=O)N(CCN3CCCC(F)C3)CC(=O)c3c(Cl)cc(F)cc3Cl)c2C(F)(F)F)CC1. The minimum Gasteiger partial charge on any atom is -0.481 e. The number of hydrogen-bond donors (Lipinski definition) is 1. The lowest BCUT2D eigenvalue weighted by Gasteiger charge is -2.34. The molecule has 1 saturated carbocycles. The standard InChI is InChI=1S/C28H31Cl2F5N4O4/c1-27(26(42)43)6-4-18(5-7-27)39-24(28(33,34)35)19(13-36-39)25(41)38(10-9-37-8-2-3-16(31)14-37)15-22(40)23-20(29)11-17(32)12-21(23)30/h11-13,16,18H,2-10,14-15H2,1H3,(H,42,43)/t16?,18-,27-. The third-order valence-electron chi connectivity index (χ3n) is 8.26. The van der Waals surface area contributed by atoms with Crippen LogP contribution in [0.25, 0.3) is 0 Å². The summed E-state index contributed by atoms with van der Waals surface area (Å²) in [6.45, 7) is 1.24. The van der Waals surface area contributed by atoms with Crippen LogP contribution in [0.4, 0.5) is 22.0 Å². The van der Waals surface area contributed by atoms with Crippen LogP contribution in [-0.4, -0.2) is 81.2 Å². The quantitative estimate of drug-likeness (QED) is 0.252. The minimum atomic E-state index is -5.01. The lowest BCUT2D eigenvalue weighted by Crippen LogP contribution is -2.45. The summed E-state index contributed by atoms with van der Waals surface area (Å²) in [5, 5.41) is 12.8. The highest BCUT2D eigenvalue weighted by Crippen LogP contribution is 2.43. The summed E-state index contributed by atoms with van der Waals surface area (Å²) in [6, 6.07) is 0.910. The van der Waals surface area contributed by atoms with Crippen molar-refractivity contribution in [3.05, 3.63) is 51.0 Å². The summed E-state index contributed by atoms with van der Waals surface area (Å²) in [5.74, 6) is -3.81. The predicted octanol–water partition coefficient (Wildman–Crippen LogP) is 6.31. The number of carboxylic acids is 1. The van der Waals surface area contributed by atoms with E-state index in [4.69, 9.17) is 23.2 Å². The number of likely N-dealkylation sites (tertiary alicyclic amines) is 1. The fourth-order valence-corrected chi connectivity index (χ4v) is 6.40. The second-order valence-electron chi connectivity index (χ2n) is 11.4. The van der Waals surface area contributed by atoms with Crippen molar-refractivity contribution in [1.29, 1.82) is 0 Å². The Morgan fingerprint density at radius 3 is 2.33 bits per heavy atom. The van der Waals surface area contributed by atoms with Crippen molar-refractivity contribution >= 4 is 40.9 Å². The van der Waals surface area contributed by atoms with Gasteiger partial charge in [0.25, 0.3) is 5.91 Å². The third kappa shape index (κ3) is 7.49. The van der Waals surface area contributed by atoms with Crippen molar-refractivity contribution in [1.82, 2.24) is 19.6 Å². The molecule has 2 fully saturated rings.